The van der Waals surface area contributed by atoms with Gasteiger partial charge in [-0.15, -0.1) is 0 Å². The summed E-state index contributed by atoms with van der Waals surface area (Å²) in [6.07, 6.45) is 1.94. The van der Waals surface area contributed by atoms with Gasteiger partial charge in [-0.05, 0) is 27.2 Å². The molecule has 4 nitrogen and oxygen atoms in total. The van der Waals surface area contributed by atoms with Crippen molar-refractivity contribution in [2.24, 2.45) is 5.41 Å². The van der Waals surface area contributed by atoms with Crippen LogP contribution in [0.1, 0.15) is 34.1 Å². The van der Waals surface area contributed by atoms with Gasteiger partial charge in [0.05, 0.1) is 5.41 Å². The van der Waals surface area contributed by atoms with E-state index in [0.29, 0.717) is 6.42 Å². The highest BCUT2D eigenvalue weighted by Gasteiger charge is 2.31. The van der Waals surface area contributed by atoms with E-state index in [1.165, 1.54) is 6.08 Å². The summed E-state index contributed by atoms with van der Waals surface area (Å²) in [5.74, 6) is -1.13. The van der Waals surface area contributed by atoms with Gasteiger partial charge in [0.1, 0.15) is 0 Å². The van der Waals surface area contributed by atoms with Crippen LogP contribution < -0.4 is 5.32 Å². The minimum atomic E-state index is -0.887. The minimum Gasteiger partial charge on any atom is -0.481 e. The molecule has 2 N–H and O–H groups in total. The number of allylic oxidation sites excluding steroid dienone is 1. The van der Waals surface area contributed by atoms with Crippen LogP contribution in [0.25, 0.3) is 0 Å². The molecule has 0 rings (SSSR count). The van der Waals surface area contributed by atoms with Gasteiger partial charge in [-0.2, -0.15) is 0 Å². The lowest BCUT2D eigenvalue weighted by atomic mass is 9.88. The summed E-state index contributed by atoms with van der Waals surface area (Å²) in [5, 5.41) is 11.6. The molecule has 15 heavy (non-hydrogen) atoms. The maximum absolute atomic E-state index is 11.3. The molecule has 0 spiro atoms. The molecule has 86 valence electrons. The highest BCUT2D eigenvalue weighted by Crippen LogP contribution is 2.19. The van der Waals surface area contributed by atoms with Crippen LogP contribution >= 0.6 is 0 Å². The first-order valence-electron chi connectivity index (χ1n) is 4.98. The van der Waals surface area contributed by atoms with Crippen LogP contribution in [0.2, 0.25) is 0 Å². The molecule has 1 amide bonds. The third-order valence-electron chi connectivity index (χ3n) is 2.37. The number of hydrogen-bond donors (Lipinski definition) is 2. The first-order chi connectivity index (χ1) is 6.81. The minimum absolute atomic E-state index is 0.154. The number of carboxylic acids is 1. The van der Waals surface area contributed by atoms with Gasteiger partial charge >= 0.3 is 5.97 Å². The average molecular weight is 213 g/mol. The Morgan fingerprint density at radius 1 is 1.40 bits per heavy atom. The third-order valence-corrected chi connectivity index (χ3v) is 2.37. The predicted molar refractivity (Wildman–Crippen MR) is 58.5 cm³/mol. The molecule has 1 unspecified atom stereocenters. The van der Waals surface area contributed by atoms with Crippen molar-refractivity contribution in [2.75, 3.05) is 6.54 Å². The summed E-state index contributed by atoms with van der Waals surface area (Å²) in [6.45, 7) is 7.20. The Labute approximate surface area is 90.4 Å². The number of aliphatic carboxylic acids is 1. The van der Waals surface area contributed by atoms with E-state index in [0.717, 1.165) is 5.57 Å². The molecule has 0 aliphatic carbocycles. The maximum atomic E-state index is 11.3. The number of amides is 1. The second-order valence-corrected chi connectivity index (χ2v) is 4.16. The van der Waals surface area contributed by atoms with Crippen LogP contribution in [0.5, 0.6) is 0 Å². The normalized spacial score (nSPS) is 13.9. The molecule has 0 saturated heterocycles. The second-order valence-electron chi connectivity index (χ2n) is 4.16. The van der Waals surface area contributed by atoms with Crippen LogP contribution in [-0.4, -0.2) is 23.5 Å². The molecule has 0 bridgehead atoms. The predicted octanol–water partition coefficient (Wildman–Crippen LogP) is 1.57. The molecular weight excluding hydrogens is 194 g/mol. The Balaban J connectivity index is 4.31. The molecule has 4 heteroatoms. The lowest BCUT2D eigenvalue weighted by molar-refractivity contribution is -0.148. The van der Waals surface area contributed by atoms with E-state index in [-0.39, 0.29) is 12.5 Å². The van der Waals surface area contributed by atoms with Gasteiger partial charge in [0.25, 0.3) is 0 Å². The number of carbonyl (C=O) groups excluding carboxylic acids is 1. The fourth-order valence-electron chi connectivity index (χ4n) is 0.947. The standard InChI is InChI=1S/C11H19NO3/c1-5-11(4,10(14)15)7-12-9(13)6-8(2)3/h6H,5,7H2,1-4H3,(H,12,13)(H,14,15). The Morgan fingerprint density at radius 2 is 1.93 bits per heavy atom. The number of carbonyl (C=O) groups is 2. The van der Waals surface area contributed by atoms with Crippen LogP contribution in [-0.2, 0) is 9.59 Å². The van der Waals surface area contributed by atoms with Crippen LogP contribution in [0.4, 0.5) is 0 Å². The zero-order chi connectivity index (χ0) is 12.1. The lowest BCUT2D eigenvalue weighted by Gasteiger charge is -2.22. The van der Waals surface area contributed by atoms with E-state index in [1.807, 2.05) is 13.8 Å². The molecule has 0 fully saturated rings. The summed E-state index contributed by atoms with van der Waals surface area (Å²) in [4.78, 5) is 22.2. The van der Waals surface area contributed by atoms with E-state index >= 15 is 0 Å². The summed E-state index contributed by atoms with van der Waals surface area (Å²) >= 11 is 0. The summed E-state index contributed by atoms with van der Waals surface area (Å²) in [6, 6.07) is 0. The first-order valence-corrected chi connectivity index (χ1v) is 4.98. The van der Waals surface area contributed by atoms with Gasteiger partial charge in [-0.3, -0.25) is 9.59 Å². The Morgan fingerprint density at radius 3 is 2.27 bits per heavy atom. The van der Waals surface area contributed by atoms with Crippen molar-refractivity contribution in [2.45, 2.75) is 34.1 Å². The first kappa shape index (κ1) is 13.7. The van der Waals surface area contributed by atoms with Gasteiger partial charge in [0, 0.05) is 12.6 Å². The molecule has 0 radical (unpaired) electrons. The number of carboxylic acid groups (broad SMARTS) is 1. The Kier molecular flexibility index (Phi) is 5.05. The van der Waals surface area contributed by atoms with Gasteiger partial charge in [-0.25, -0.2) is 0 Å². The third kappa shape index (κ3) is 4.63. The highest BCUT2D eigenvalue weighted by molar-refractivity contribution is 5.88. The second kappa shape index (κ2) is 5.53. The van der Waals surface area contributed by atoms with E-state index < -0.39 is 11.4 Å². The largest absolute Gasteiger partial charge is 0.481 e. The van der Waals surface area contributed by atoms with Crippen molar-refractivity contribution < 1.29 is 14.7 Å². The van der Waals surface area contributed by atoms with Crippen molar-refractivity contribution in [3.05, 3.63) is 11.6 Å². The molecule has 0 heterocycles. The summed E-state index contributed by atoms with van der Waals surface area (Å²) < 4.78 is 0. The Hall–Kier alpha value is -1.32. The number of nitrogens with one attached hydrogen (secondary N) is 1. The van der Waals surface area contributed by atoms with Crippen molar-refractivity contribution in [1.82, 2.24) is 5.32 Å². The molecule has 0 aromatic rings. The lowest BCUT2D eigenvalue weighted by Crippen LogP contribution is -2.40. The van der Waals surface area contributed by atoms with Crippen LogP contribution in [0.3, 0.4) is 0 Å². The molecule has 0 aliphatic rings. The smallest absolute Gasteiger partial charge is 0.311 e. The fourth-order valence-corrected chi connectivity index (χ4v) is 0.947. The van der Waals surface area contributed by atoms with Crippen molar-refractivity contribution >= 4 is 11.9 Å². The molecule has 0 aliphatic heterocycles. The topological polar surface area (TPSA) is 66.4 Å². The number of hydrogen-bond acceptors (Lipinski definition) is 2. The van der Waals surface area contributed by atoms with Crippen LogP contribution in [0.15, 0.2) is 11.6 Å². The van der Waals surface area contributed by atoms with E-state index in [2.05, 4.69) is 5.32 Å². The Bertz CT molecular complexity index is 280. The van der Waals surface area contributed by atoms with Gasteiger partial charge in [0.15, 0.2) is 0 Å². The van der Waals surface area contributed by atoms with Crippen molar-refractivity contribution in [3.63, 3.8) is 0 Å². The van der Waals surface area contributed by atoms with Crippen LogP contribution in [0, 0.1) is 5.41 Å². The quantitative estimate of drug-likeness (QED) is 0.681. The molecule has 1 atom stereocenters. The SMILES string of the molecule is CCC(C)(CNC(=O)C=C(C)C)C(=O)O. The number of rotatable bonds is 5. The average Bonchev–Trinajstić information content (AvgIpc) is 2.12. The zero-order valence-corrected chi connectivity index (χ0v) is 9.76. The fraction of sp³-hybridized carbons (Fsp3) is 0.636. The van der Waals surface area contributed by atoms with Gasteiger partial charge in [-0.1, -0.05) is 12.5 Å². The van der Waals surface area contributed by atoms with Gasteiger partial charge < -0.3 is 10.4 Å². The molecular formula is C11H19NO3. The maximum Gasteiger partial charge on any atom is 0.311 e. The summed E-state index contributed by atoms with van der Waals surface area (Å²) in [5.41, 5.74) is 0.00606. The van der Waals surface area contributed by atoms with E-state index in [9.17, 15) is 9.59 Å². The zero-order valence-electron chi connectivity index (χ0n) is 9.76. The van der Waals surface area contributed by atoms with Crippen molar-refractivity contribution in [1.29, 1.82) is 0 Å². The summed E-state index contributed by atoms with van der Waals surface area (Å²) in [7, 11) is 0. The molecule has 0 aromatic heterocycles. The van der Waals surface area contributed by atoms with E-state index in [1.54, 1.807) is 13.8 Å². The van der Waals surface area contributed by atoms with E-state index in [4.69, 9.17) is 5.11 Å². The molecule has 0 aromatic carbocycles. The van der Waals surface area contributed by atoms with Crippen molar-refractivity contribution in [3.8, 4) is 0 Å². The monoisotopic (exact) mass is 213 g/mol. The highest BCUT2D eigenvalue weighted by atomic mass is 16.4. The molecule has 0 saturated carbocycles. The van der Waals surface area contributed by atoms with Gasteiger partial charge in [0.2, 0.25) is 5.91 Å².